The highest BCUT2D eigenvalue weighted by Crippen LogP contribution is 2.39. The first-order chi connectivity index (χ1) is 13.0. The van der Waals surface area contributed by atoms with Crippen LogP contribution in [-0.4, -0.2) is 42.0 Å². The lowest BCUT2D eigenvalue weighted by Crippen LogP contribution is -2.50. The summed E-state index contributed by atoms with van der Waals surface area (Å²) in [5, 5.41) is 9.77. The highest BCUT2D eigenvalue weighted by molar-refractivity contribution is 5.85. The molecule has 27 heavy (non-hydrogen) atoms. The van der Waals surface area contributed by atoms with E-state index in [1.165, 1.54) is 50.8 Å². The quantitative estimate of drug-likeness (QED) is 0.602. The van der Waals surface area contributed by atoms with Gasteiger partial charge in [0.15, 0.2) is 5.78 Å². The van der Waals surface area contributed by atoms with Gasteiger partial charge in [-0.05, 0) is 55.2 Å². The fraction of sp³-hybridized carbons (Fsp3) is 0.727. The van der Waals surface area contributed by atoms with E-state index in [1.54, 1.807) is 0 Å². The van der Waals surface area contributed by atoms with Crippen LogP contribution < -0.4 is 0 Å². The molecule has 150 valence electrons. The zero-order chi connectivity index (χ0) is 19.4. The molecular formula is C22H33NO4. The zero-order valence-electron chi connectivity index (χ0n) is 16.9. The van der Waals surface area contributed by atoms with E-state index in [0.717, 1.165) is 24.5 Å². The van der Waals surface area contributed by atoms with Crippen molar-refractivity contribution in [1.29, 1.82) is 0 Å². The van der Waals surface area contributed by atoms with Crippen LogP contribution in [0.4, 0.5) is 0 Å². The summed E-state index contributed by atoms with van der Waals surface area (Å²) >= 11 is 0. The topological polar surface area (TPSA) is 68.7 Å². The molecule has 2 aliphatic rings. The molecule has 0 radical (unpaired) electrons. The molecule has 1 fully saturated rings. The molecule has 0 bridgehead atoms. The number of fused-ring (bicyclic) bond motifs is 1. The van der Waals surface area contributed by atoms with Crippen LogP contribution in [0.1, 0.15) is 56.4 Å². The second-order valence-electron chi connectivity index (χ2n) is 8.45. The first-order valence-electron chi connectivity index (χ1n) is 10.2. The van der Waals surface area contributed by atoms with Gasteiger partial charge in [-0.3, -0.25) is 9.78 Å². The fourth-order valence-corrected chi connectivity index (χ4v) is 4.43. The Hall–Kier alpha value is -1.30. The number of carbonyl (C=O) groups excluding carboxylic acids is 1. The van der Waals surface area contributed by atoms with E-state index in [9.17, 15) is 9.90 Å². The third-order valence-electron chi connectivity index (χ3n) is 6.45. The van der Waals surface area contributed by atoms with Crippen molar-refractivity contribution >= 4 is 5.78 Å². The van der Waals surface area contributed by atoms with Gasteiger partial charge in [-0.25, -0.2) is 0 Å². The van der Waals surface area contributed by atoms with Crippen LogP contribution in [0.15, 0.2) is 12.3 Å². The van der Waals surface area contributed by atoms with Crippen LogP contribution in [0.3, 0.4) is 0 Å². The van der Waals surface area contributed by atoms with E-state index < -0.39 is 5.60 Å². The standard InChI is InChI=1S/C22H33NO4/c1-15(13-24)22(16(2)25,27-14-26-3)12-21-20-11-18(7-6-17-4-5-17)10-19(20)8-9-23-21/h8-9,15,17-18,24H,4-7,10-14H2,1-3H3/t15-,18+,22+/m0/s1. The van der Waals surface area contributed by atoms with Crippen molar-refractivity contribution in [2.45, 2.75) is 64.4 Å². The predicted octanol–water partition coefficient (Wildman–Crippen LogP) is 3.11. The third kappa shape index (κ3) is 4.58. The summed E-state index contributed by atoms with van der Waals surface area (Å²) in [5.41, 5.74) is 2.48. The van der Waals surface area contributed by atoms with Crippen LogP contribution in [-0.2, 0) is 33.5 Å². The van der Waals surface area contributed by atoms with Crippen molar-refractivity contribution in [3.63, 3.8) is 0 Å². The predicted molar refractivity (Wildman–Crippen MR) is 103 cm³/mol. The Morgan fingerprint density at radius 2 is 2.07 bits per heavy atom. The Kier molecular flexibility index (Phi) is 6.66. The molecule has 0 amide bonds. The number of ether oxygens (including phenoxy) is 2. The minimum absolute atomic E-state index is 0.0168. The Bertz CT molecular complexity index is 658. The Morgan fingerprint density at radius 1 is 1.33 bits per heavy atom. The van der Waals surface area contributed by atoms with E-state index in [0.29, 0.717) is 12.3 Å². The van der Waals surface area contributed by atoms with Crippen molar-refractivity contribution in [3.8, 4) is 0 Å². The van der Waals surface area contributed by atoms with Crippen LogP contribution in [0.5, 0.6) is 0 Å². The van der Waals surface area contributed by atoms with Gasteiger partial charge in [0.1, 0.15) is 12.4 Å². The van der Waals surface area contributed by atoms with Crippen LogP contribution in [0.2, 0.25) is 0 Å². The zero-order valence-corrected chi connectivity index (χ0v) is 16.9. The number of carbonyl (C=O) groups is 1. The van der Waals surface area contributed by atoms with Crippen molar-refractivity contribution < 1.29 is 19.4 Å². The molecular weight excluding hydrogens is 342 g/mol. The minimum atomic E-state index is -1.11. The van der Waals surface area contributed by atoms with Crippen LogP contribution in [0.25, 0.3) is 0 Å². The van der Waals surface area contributed by atoms with Gasteiger partial charge in [0, 0.05) is 37.9 Å². The number of methoxy groups -OCH3 is 1. The van der Waals surface area contributed by atoms with E-state index in [-0.39, 0.29) is 25.1 Å². The molecule has 0 unspecified atom stereocenters. The average molecular weight is 376 g/mol. The number of pyridine rings is 1. The van der Waals surface area contributed by atoms with E-state index >= 15 is 0 Å². The Balaban J connectivity index is 1.80. The summed E-state index contributed by atoms with van der Waals surface area (Å²) in [5.74, 6) is 1.22. The molecule has 0 saturated heterocycles. The molecule has 2 aliphatic carbocycles. The van der Waals surface area contributed by atoms with Crippen molar-refractivity contribution in [1.82, 2.24) is 4.98 Å². The molecule has 5 heteroatoms. The lowest BCUT2D eigenvalue weighted by Gasteiger charge is -2.36. The fourth-order valence-electron chi connectivity index (χ4n) is 4.43. The smallest absolute Gasteiger partial charge is 0.162 e. The molecule has 5 nitrogen and oxygen atoms in total. The summed E-state index contributed by atoms with van der Waals surface area (Å²) in [4.78, 5) is 17.2. The maximum Gasteiger partial charge on any atom is 0.162 e. The van der Waals surface area contributed by atoms with Gasteiger partial charge < -0.3 is 14.6 Å². The number of hydrogen-bond acceptors (Lipinski definition) is 5. The number of aliphatic hydroxyl groups is 1. The largest absolute Gasteiger partial charge is 0.396 e. The van der Waals surface area contributed by atoms with Crippen LogP contribution >= 0.6 is 0 Å². The average Bonchev–Trinajstić information content (AvgIpc) is 3.40. The number of hydrogen-bond donors (Lipinski definition) is 1. The van der Waals surface area contributed by atoms with Gasteiger partial charge >= 0.3 is 0 Å². The lowest BCUT2D eigenvalue weighted by atomic mass is 9.80. The maximum absolute atomic E-state index is 12.6. The van der Waals surface area contributed by atoms with Gasteiger partial charge in [-0.2, -0.15) is 0 Å². The lowest BCUT2D eigenvalue weighted by molar-refractivity contribution is -0.176. The summed E-state index contributed by atoms with van der Waals surface area (Å²) in [6, 6.07) is 2.12. The number of rotatable bonds is 11. The second-order valence-corrected chi connectivity index (χ2v) is 8.45. The first kappa shape index (κ1) is 20.4. The van der Waals surface area contributed by atoms with Crippen molar-refractivity contribution in [2.24, 2.45) is 17.8 Å². The molecule has 0 aliphatic heterocycles. The minimum Gasteiger partial charge on any atom is -0.396 e. The number of Topliss-reactive ketones (excluding diaryl/α,β-unsaturated/α-hetero) is 1. The number of aliphatic hydroxyl groups excluding tert-OH is 1. The molecule has 3 atom stereocenters. The maximum atomic E-state index is 12.6. The van der Waals surface area contributed by atoms with E-state index in [1.807, 2.05) is 13.1 Å². The normalized spacial score (nSPS) is 22.3. The molecule has 1 N–H and O–H groups in total. The number of nitrogens with zero attached hydrogens (tertiary/aromatic N) is 1. The molecule has 0 spiro atoms. The summed E-state index contributed by atoms with van der Waals surface area (Å²) < 4.78 is 11.0. The second kappa shape index (κ2) is 8.80. The number of ketones is 1. The summed E-state index contributed by atoms with van der Waals surface area (Å²) in [6.45, 7) is 3.27. The van der Waals surface area contributed by atoms with E-state index in [4.69, 9.17) is 9.47 Å². The van der Waals surface area contributed by atoms with Gasteiger partial charge in [-0.15, -0.1) is 0 Å². The monoisotopic (exact) mass is 375 g/mol. The molecule has 0 aromatic carbocycles. The Labute approximate surface area is 162 Å². The third-order valence-corrected chi connectivity index (χ3v) is 6.45. The van der Waals surface area contributed by atoms with Crippen molar-refractivity contribution in [2.75, 3.05) is 20.5 Å². The highest BCUT2D eigenvalue weighted by Gasteiger charge is 2.43. The van der Waals surface area contributed by atoms with Gasteiger partial charge in [0.05, 0.1) is 0 Å². The molecule has 3 rings (SSSR count). The highest BCUT2D eigenvalue weighted by atomic mass is 16.7. The van der Waals surface area contributed by atoms with E-state index in [2.05, 4.69) is 11.1 Å². The summed E-state index contributed by atoms with van der Waals surface area (Å²) in [6.07, 6.45) is 9.82. The molecule has 1 heterocycles. The van der Waals surface area contributed by atoms with Gasteiger partial charge in [0.2, 0.25) is 0 Å². The van der Waals surface area contributed by atoms with Crippen LogP contribution in [0, 0.1) is 17.8 Å². The van der Waals surface area contributed by atoms with Gasteiger partial charge in [0.25, 0.3) is 0 Å². The molecule has 1 aromatic heterocycles. The van der Waals surface area contributed by atoms with Gasteiger partial charge in [-0.1, -0.05) is 26.2 Å². The molecule has 1 aromatic rings. The Morgan fingerprint density at radius 3 is 2.70 bits per heavy atom. The first-order valence-corrected chi connectivity index (χ1v) is 10.2. The number of aromatic nitrogens is 1. The summed E-state index contributed by atoms with van der Waals surface area (Å²) in [7, 11) is 1.54. The van der Waals surface area contributed by atoms with Crippen molar-refractivity contribution in [3.05, 3.63) is 29.1 Å². The SMILES string of the molecule is COCO[C@@](Cc1nccc2c1C[C@H](CCC1CC1)C2)(C(C)=O)[C@@H](C)CO. The molecule has 1 saturated carbocycles.